The maximum Gasteiger partial charge on any atom is 0.257 e. The Balaban J connectivity index is 1.61. The summed E-state index contributed by atoms with van der Waals surface area (Å²) < 4.78 is 37.6. The van der Waals surface area contributed by atoms with E-state index in [1.807, 2.05) is 6.92 Å². The van der Waals surface area contributed by atoms with Crippen molar-refractivity contribution in [2.24, 2.45) is 0 Å². The average Bonchev–Trinajstić information content (AvgIpc) is 3.08. The fourth-order valence-corrected chi connectivity index (χ4v) is 4.37. The highest BCUT2D eigenvalue weighted by Crippen LogP contribution is 2.19. The van der Waals surface area contributed by atoms with Gasteiger partial charge >= 0.3 is 0 Å². The molecule has 0 aliphatic carbocycles. The highest BCUT2D eigenvalue weighted by Gasteiger charge is 2.16. The number of halogens is 1. The Labute approximate surface area is 160 Å². The van der Waals surface area contributed by atoms with E-state index >= 15 is 0 Å². The summed E-state index contributed by atoms with van der Waals surface area (Å²) in [7, 11) is -3.42. The van der Waals surface area contributed by atoms with Gasteiger partial charge in [-0.15, -0.1) is 10.2 Å². The van der Waals surface area contributed by atoms with Crippen LogP contribution in [0.15, 0.2) is 53.4 Å². The largest absolute Gasteiger partial charge is 0.296 e. The molecule has 0 atom stereocenters. The van der Waals surface area contributed by atoms with E-state index in [1.165, 1.54) is 24.3 Å². The van der Waals surface area contributed by atoms with Crippen molar-refractivity contribution in [2.75, 3.05) is 11.1 Å². The first-order valence-corrected chi connectivity index (χ1v) is 10.5. The van der Waals surface area contributed by atoms with Gasteiger partial charge in [-0.25, -0.2) is 12.8 Å². The van der Waals surface area contributed by atoms with E-state index in [0.717, 1.165) is 16.9 Å². The maximum atomic E-state index is 12.9. The summed E-state index contributed by atoms with van der Waals surface area (Å²) in [6.45, 7) is 1.89. The van der Waals surface area contributed by atoms with E-state index in [2.05, 4.69) is 15.5 Å². The van der Waals surface area contributed by atoms with Crippen LogP contribution < -0.4 is 5.32 Å². The molecule has 0 saturated carbocycles. The Morgan fingerprint density at radius 3 is 2.41 bits per heavy atom. The highest BCUT2D eigenvalue weighted by atomic mass is 32.2. The quantitative estimate of drug-likeness (QED) is 0.680. The Morgan fingerprint density at radius 1 is 1.07 bits per heavy atom. The zero-order valence-electron chi connectivity index (χ0n) is 14.3. The van der Waals surface area contributed by atoms with Gasteiger partial charge in [0, 0.05) is 12.0 Å². The van der Waals surface area contributed by atoms with Gasteiger partial charge in [0.2, 0.25) is 5.13 Å². The maximum absolute atomic E-state index is 12.9. The van der Waals surface area contributed by atoms with Crippen LogP contribution in [0, 0.1) is 12.7 Å². The molecule has 1 N–H and O–H groups in total. The van der Waals surface area contributed by atoms with Crippen molar-refractivity contribution in [3.8, 4) is 0 Å². The van der Waals surface area contributed by atoms with E-state index in [9.17, 15) is 17.6 Å². The Kier molecular flexibility index (Phi) is 5.62. The molecule has 0 aliphatic heterocycles. The minimum absolute atomic E-state index is 0.101. The van der Waals surface area contributed by atoms with Gasteiger partial charge in [-0.2, -0.15) is 0 Å². The summed E-state index contributed by atoms with van der Waals surface area (Å²) in [6, 6.07) is 11.8. The minimum atomic E-state index is -3.42. The summed E-state index contributed by atoms with van der Waals surface area (Å²) in [5.41, 5.74) is 1.27. The summed E-state index contributed by atoms with van der Waals surface area (Å²) in [4.78, 5) is 12.3. The molecule has 27 heavy (non-hydrogen) atoms. The molecular weight excluding hydrogens is 389 g/mol. The molecule has 0 spiro atoms. The molecule has 3 aromatic rings. The van der Waals surface area contributed by atoms with Crippen LogP contribution in [-0.4, -0.2) is 30.3 Å². The third kappa shape index (κ3) is 4.95. The molecule has 2 aromatic carbocycles. The zero-order chi connectivity index (χ0) is 19.4. The lowest BCUT2D eigenvalue weighted by Crippen LogP contribution is -2.11. The molecule has 0 fully saturated rings. The first kappa shape index (κ1) is 19.1. The lowest BCUT2D eigenvalue weighted by atomic mass is 10.2. The number of anilines is 1. The predicted molar refractivity (Wildman–Crippen MR) is 101 cm³/mol. The Hall–Kier alpha value is -2.65. The molecule has 3 rings (SSSR count). The molecule has 0 radical (unpaired) electrons. The van der Waals surface area contributed by atoms with Gasteiger partial charge in [-0.3, -0.25) is 10.1 Å². The number of hydrogen-bond donors (Lipinski definition) is 1. The number of sulfone groups is 1. The highest BCUT2D eigenvalue weighted by molar-refractivity contribution is 7.91. The SMILES string of the molecule is Cc1ccc(S(=O)(=O)CCc2nnc(NC(=O)c3ccc(F)cc3)s2)cc1. The second-order valence-corrected chi connectivity index (χ2v) is 9.02. The lowest BCUT2D eigenvalue weighted by Gasteiger charge is -2.03. The zero-order valence-corrected chi connectivity index (χ0v) is 16.0. The van der Waals surface area contributed by atoms with Crippen LogP contribution >= 0.6 is 11.3 Å². The standard InChI is InChI=1S/C18H16FN3O3S2/c1-12-2-8-15(9-3-12)27(24,25)11-10-16-21-22-18(26-16)20-17(23)13-4-6-14(19)7-5-13/h2-9H,10-11H2,1H3,(H,20,22,23). The fraction of sp³-hybridized carbons (Fsp3) is 0.167. The topological polar surface area (TPSA) is 89.0 Å². The molecule has 6 nitrogen and oxygen atoms in total. The predicted octanol–water partition coefficient (Wildman–Crippen LogP) is 3.25. The molecule has 1 aromatic heterocycles. The van der Waals surface area contributed by atoms with Gasteiger partial charge in [0.1, 0.15) is 10.8 Å². The summed E-state index contributed by atoms with van der Waals surface area (Å²) >= 11 is 1.10. The molecule has 0 saturated heterocycles. The van der Waals surface area contributed by atoms with E-state index < -0.39 is 21.6 Å². The van der Waals surface area contributed by atoms with Gasteiger partial charge in [0.05, 0.1) is 10.6 Å². The van der Waals surface area contributed by atoms with E-state index in [4.69, 9.17) is 0 Å². The number of hydrogen-bond acceptors (Lipinski definition) is 6. The minimum Gasteiger partial charge on any atom is -0.296 e. The van der Waals surface area contributed by atoms with E-state index in [0.29, 0.717) is 5.01 Å². The van der Waals surface area contributed by atoms with Crippen LogP contribution in [0.2, 0.25) is 0 Å². The van der Waals surface area contributed by atoms with E-state index in [-0.39, 0.29) is 27.8 Å². The summed E-state index contributed by atoms with van der Waals surface area (Å²) in [5, 5.41) is 11.1. The summed E-state index contributed by atoms with van der Waals surface area (Å²) in [6.07, 6.45) is 0.195. The van der Waals surface area contributed by atoms with Gasteiger partial charge < -0.3 is 0 Å². The number of aromatic nitrogens is 2. The second-order valence-electron chi connectivity index (χ2n) is 5.84. The number of carbonyl (C=O) groups excluding carboxylic acids is 1. The normalized spacial score (nSPS) is 11.3. The second kappa shape index (κ2) is 7.93. The third-order valence-corrected chi connectivity index (χ3v) is 6.39. The van der Waals surface area contributed by atoms with Crippen molar-refractivity contribution >= 4 is 32.2 Å². The van der Waals surface area contributed by atoms with Crippen molar-refractivity contribution in [1.29, 1.82) is 0 Å². The number of amides is 1. The molecule has 140 valence electrons. The number of benzene rings is 2. The van der Waals surface area contributed by atoms with Crippen molar-refractivity contribution in [3.05, 3.63) is 70.5 Å². The molecule has 0 aliphatic rings. The van der Waals surface area contributed by atoms with Crippen molar-refractivity contribution in [3.63, 3.8) is 0 Å². The molecule has 0 unspecified atom stereocenters. The van der Waals surface area contributed by atoms with Gasteiger partial charge in [-0.05, 0) is 43.3 Å². The first-order valence-electron chi connectivity index (χ1n) is 8.02. The van der Waals surface area contributed by atoms with Gasteiger partial charge in [0.15, 0.2) is 9.84 Å². The number of rotatable bonds is 6. The van der Waals surface area contributed by atoms with Crippen LogP contribution in [0.1, 0.15) is 20.9 Å². The van der Waals surface area contributed by atoms with E-state index in [1.54, 1.807) is 24.3 Å². The molecule has 1 amide bonds. The van der Waals surface area contributed by atoms with Crippen molar-refractivity contribution in [1.82, 2.24) is 10.2 Å². The van der Waals surface area contributed by atoms with Crippen LogP contribution in [0.25, 0.3) is 0 Å². The summed E-state index contributed by atoms with van der Waals surface area (Å²) in [5.74, 6) is -0.971. The average molecular weight is 405 g/mol. The number of nitrogens with zero attached hydrogens (tertiary/aromatic N) is 2. The van der Waals surface area contributed by atoms with Crippen LogP contribution in [0.3, 0.4) is 0 Å². The van der Waals surface area contributed by atoms with Crippen LogP contribution in [0.4, 0.5) is 9.52 Å². The van der Waals surface area contributed by atoms with Crippen LogP contribution in [-0.2, 0) is 16.3 Å². The monoisotopic (exact) mass is 405 g/mol. The molecule has 1 heterocycles. The van der Waals surface area contributed by atoms with Crippen molar-refractivity contribution < 1.29 is 17.6 Å². The third-order valence-electron chi connectivity index (χ3n) is 3.76. The molecular formula is C18H16FN3O3S2. The first-order chi connectivity index (χ1) is 12.8. The number of carbonyl (C=O) groups is 1. The number of aryl methyl sites for hydroxylation is 2. The van der Waals surface area contributed by atoms with Crippen LogP contribution in [0.5, 0.6) is 0 Å². The smallest absolute Gasteiger partial charge is 0.257 e. The number of nitrogens with one attached hydrogen (secondary N) is 1. The Bertz CT molecular complexity index is 1050. The molecule has 0 bridgehead atoms. The lowest BCUT2D eigenvalue weighted by molar-refractivity contribution is 0.102. The molecule has 9 heteroatoms. The Morgan fingerprint density at radius 2 is 1.74 bits per heavy atom. The van der Waals surface area contributed by atoms with Gasteiger partial charge in [0.25, 0.3) is 5.91 Å². The van der Waals surface area contributed by atoms with Gasteiger partial charge in [-0.1, -0.05) is 29.0 Å². The fourth-order valence-electron chi connectivity index (χ4n) is 2.26. The van der Waals surface area contributed by atoms with Crippen molar-refractivity contribution in [2.45, 2.75) is 18.2 Å².